The number of carbonyl (C=O) groups excluding carboxylic acids is 1. The number of aromatic nitrogens is 5. The lowest BCUT2D eigenvalue weighted by atomic mass is 10.2. The lowest BCUT2D eigenvalue weighted by Crippen LogP contribution is -2.45. The van der Waals surface area contributed by atoms with E-state index in [1.54, 1.807) is 24.8 Å². The summed E-state index contributed by atoms with van der Waals surface area (Å²) < 4.78 is 6.81. The lowest BCUT2D eigenvalue weighted by molar-refractivity contribution is -0.140. The van der Waals surface area contributed by atoms with Gasteiger partial charge in [0, 0.05) is 12.6 Å². The van der Waals surface area contributed by atoms with Crippen LogP contribution in [-0.4, -0.2) is 55.5 Å². The Balaban J connectivity index is 1.69. The highest BCUT2D eigenvalue weighted by Crippen LogP contribution is 2.19. The Morgan fingerprint density at radius 2 is 2.26 bits per heavy atom. The van der Waals surface area contributed by atoms with E-state index in [1.807, 2.05) is 0 Å². The third kappa shape index (κ3) is 3.45. The normalized spacial score (nSPS) is 18.2. The van der Waals surface area contributed by atoms with Gasteiger partial charge in [-0.25, -0.2) is 9.67 Å². The number of morpholine rings is 1. The van der Waals surface area contributed by atoms with Crippen molar-refractivity contribution < 1.29 is 9.53 Å². The molecule has 0 bridgehead atoms. The Labute approximate surface area is 132 Å². The second kappa shape index (κ2) is 6.29. The first-order valence-electron chi connectivity index (χ1n) is 7.36. The lowest BCUT2D eigenvalue weighted by Gasteiger charge is -2.31. The summed E-state index contributed by atoms with van der Waals surface area (Å²) in [6, 6.07) is 3.04. The molecule has 9 nitrogen and oxygen atoms in total. The van der Waals surface area contributed by atoms with E-state index in [0.717, 1.165) is 0 Å². The SMILES string of the molecule is Cc1ccc(=O)n(CC(=O)N2CCOC(c3n[nH]c(C)n3)C2)n1. The molecule has 3 rings (SSSR count). The minimum absolute atomic E-state index is 0.0831. The number of carbonyl (C=O) groups is 1. The molecule has 2 aromatic rings. The third-order valence-corrected chi connectivity index (χ3v) is 3.61. The van der Waals surface area contributed by atoms with Crippen LogP contribution in [0.15, 0.2) is 16.9 Å². The highest BCUT2D eigenvalue weighted by Gasteiger charge is 2.28. The van der Waals surface area contributed by atoms with Gasteiger partial charge in [-0.2, -0.15) is 10.2 Å². The van der Waals surface area contributed by atoms with Gasteiger partial charge < -0.3 is 9.64 Å². The summed E-state index contributed by atoms with van der Waals surface area (Å²) in [7, 11) is 0. The number of nitrogens with one attached hydrogen (secondary N) is 1. The van der Waals surface area contributed by atoms with Gasteiger partial charge in [0.15, 0.2) is 5.82 Å². The van der Waals surface area contributed by atoms with E-state index in [1.165, 1.54) is 10.7 Å². The molecule has 1 saturated heterocycles. The molecule has 1 fully saturated rings. The minimum Gasteiger partial charge on any atom is -0.366 e. The maximum absolute atomic E-state index is 12.4. The van der Waals surface area contributed by atoms with Crippen molar-refractivity contribution in [3.8, 4) is 0 Å². The quantitative estimate of drug-likeness (QED) is 0.824. The Morgan fingerprint density at radius 3 is 3.00 bits per heavy atom. The fraction of sp³-hybridized carbons (Fsp3) is 0.500. The van der Waals surface area contributed by atoms with E-state index >= 15 is 0 Å². The minimum atomic E-state index is -0.361. The summed E-state index contributed by atoms with van der Waals surface area (Å²) in [5.41, 5.74) is 0.395. The molecule has 23 heavy (non-hydrogen) atoms. The Hall–Kier alpha value is -2.55. The number of hydrogen-bond acceptors (Lipinski definition) is 6. The van der Waals surface area contributed by atoms with E-state index in [-0.39, 0.29) is 24.1 Å². The first-order chi connectivity index (χ1) is 11.0. The molecule has 1 unspecified atom stereocenters. The van der Waals surface area contributed by atoms with E-state index < -0.39 is 0 Å². The first-order valence-corrected chi connectivity index (χ1v) is 7.36. The molecular formula is C14H18N6O3. The van der Waals surface area contributed by atoms with Gasteiger partial charge in [-0.1, -0.05) is 0 Å². The Kier molecular flexibility index (Phi) is 4.20. The predicted molar refractivity (Wildman–Crippen MR) is 79.6 cm³/mol. The van der Waals surface area contributed by atoms with Crippen molar-refractivity contribution in [2.75, 3.05) is 19.7 Å². The molecule has 0 aromatic carbocycles. The van der Waals surface area contributed by atoms with Gasteiger partial charge in [-0.15, -0.1) is 0 Å². The van der Waals surface area contributed by atoms with Crippen LogP contribution in [0, 0.1) is 13.8 Å². The van der Waals surface area contributed by atoms with Crippen LogP contribution in [0.1, 0.15) is 23.4 Å². The van der Waals surface area contributed by atoms with Crippen LogP contribution in [0.2, 0.25) is 0 Å². The molecule has 1 aliphatic heterocycles. The van der Waals surface area contributed by atoms with Crippen LogP contribution >= 0.6 is 0 Å². The average Bonchev–Trinajstić information content (AvgIpc) is 2.97. The van der Waals surface area contributed by atoms with Crippen LogP contribution in [0.25, 0.3) is 0 Å². The number of rotatable bonds is 3. The Bertz CT molecular complexity index is 768. The second-order valence-corrected chi connectivity index (χ2v) is 5.45. The highest BCUT2D eigenvalue weighted by molar-refractivity contribution is 5.76. The van der Waals surface area contributed by atoms with Crippen LogP contribution in [0.3, 0.4) is 0 Å². The van der Waals surface area contributed by atoms with E-state index in [4.69, 9.17) is 4.74 Å². The summed E-state index contributed by atoms with van der Waals surface area (Å²) in [5, 5.41) is 10.9. The zero-order valence-corrected chi connectivity index (χ0v) is 13.0. The standard InChI is InChI=1S/C14H18N6O3/c1-9-3-4-12(21)20(18-9)8-13(22)19-5-6-23-11(7-19)14-15-10(2)16-17-14/h3-4,11H,5-8H2,1-2H3,(H,15,16,17). The number of aryl methyl sites for hydroxylation is 2. The first kappa shape index (κ1) is 15.3. The van der Waals surface area contributed by atoms with Gasteiger partial charge in [-0.3, -0.25) is 14.7 Å². The molecule has 0 aliphatic carbocycles. The highest BCUT2D eigenvalue weighted by atomic mass is 16.5. The van der Waals surface area contributed by atoms with E-state index in [9.17, 15) is 9.59 Å². The number of H-pyrrole nitrogens is 1. The maximum atomic E-state index is 12.4. The molecule has 3 heterocycles. The molecule has 1 N–H and O–H groups in total. The van der Waals surface area contributed by atoms with Crippen molar-refractivity contribution in [3.05, 3.63) is 39.8 Å². The number of ether oxygens (including phenoxy) is 1. The van der Waals surface area contributed by atoms with Gasteiger partial charge in [0.05, 0.1) is 18.8 Å². The topological polar surface area (TPSA) is 106 Å². The summed E-state index contributed by atoms with van der Waals surface area (Å²) in [5.74, 6) is 1.05. The molecular weight excluding hydrogens is 300 g/mol. The molecule has 9 heteroatoms. The molecule has 1 amide bonds. The smallest absolute Gasteiger partial charge is 0.267 e. The fourth-order valence-electron chi connectivity index (χ4n) is 2.43. The number of nitrogens with zero attached hydrogens (tertiary/aromatic N) is 5. The van der Waals surface area contributed by atoms with Crippen molar-refractivity contribution in [2.24, 2.45) is 0 Å². The summed E-state index contributed by atoms with van der Waals surface area (Å²) in [6.45, 7) is 4.73. The van der Waals surface area contributed by atoms with Gasteiger partial charge in [0.1, 0.15) is 18.5 Å². The van der Waals surface area contributed by atoms with Gasteiger partial charge in [-0.05, 0) is 19.9 Å². The Morgan fingerprint density at radius 1 is 1.43 bits per heavy atom. The van der Waals surface area contributed by atoms with Crippen molar-refractivity contribution in [2.45, 2.75) is 26.5 Å². The van der Waals surface area contributed by atoms with Crippen molar-refractivity contribution in [1.29, 1.82) is 0 Å². The number of hydrogen-bond donors (Lipinski definition) is 1. The summed E-state index contributed by atoms with van der Waals surface area (Å²) in [4.78, 5) is 30.1. The van der Waals surface area contributed by atoms with Gasteiger partial charge in [0.2, 0.25) is 5.91 Å². The molecule has 1 atom stereocenters. The fourth-order valence-corrected chi connectivity index (χ4v) is 2.43. The van der Waals surface area contributed by atoms with Crippen molar-refractivity contribution in [1.82, 2.24) is 29.9 Å². The van der Waals surface area contributed by atoms with Crippen molar-refractivity contribution in [3.63, 3.8) is 0 Å². The van der Waals surface area contributed by atoms with E-state index in [0.29, 0.717) is 37.0 Å². The largest absolute Gasteiger partial charge is 0.366 e. The third-order valence-electron chi connectivity index (χ3n) is 3.61. The maximum Gasteiger partial charge on any atom is 0.267 e. The second-order valence-electron chi connectivity index (χ2n) is 5.45. The van der Waals surface area contributed by atoms with Crippen LogP contribution in [-0.2, 0) is 16.1 Å². The molecule has 0 radical (unpaired) electrons. The summed E-state index contributed by atoms with van der Waals surface area (Å²) in [6.07, 6.45) is -0.361. The van der Waals surface area contributed by atoms with Crippen LogP contribution in [0.4, 0.5) is 0 Å². The molecule has 1 aliphatic rings. The molecule has 0 spiro atoms. The van der Waals surface area contributed by atoms with Crippen molar-refractivity contribution >= 4 is 5.91 Å². The van der Waals surface area contributed by atoms with E-state index in [2.05, 4.69) is 20.3 Å². The zero-order valence-electron chi connectivity index (χ0n) is 13.0. The summed E-state index contributed by atoms with van der Waals surface area (Å²) >= 11 is 0. The predicted octanol–water partition coefficient (Wildman–Crippen LogP) is -0.422. The average molecular weight is 318 g/mol. The molecule has 122 valence electrons. The van der Waals surface area contributed by atoms with Gasteiger partial charge in [0.25, 0.3) is 5.56 Å². The zero-order chi connectivity index (χ0) is 16.4. The molecule has 2 aromatic heterocycles. The molecule has 0 saturated carbocycles. The van der Waals surface area contributed by atoms with Crippen LogP contribution < -0.4 is 5.56 Å². The number of aromatic amines is 1. The monoisotopic (exact) mass is 318 g/mol. The number of amides is 1. The van der Waals surface area contributed by atoms with Crippen LogP contribution in [0.5, 0.6) is 0 Å². The van der Waals surface area contributed by atoms with Gasteiger partial charge >= 0.3 is 0 Å².